The minimum Gasteiger partial charge on any atom is -0.493 e. The monoisotopic (exact) mass is 305 g/mol. The fraction of sp³-hybridized carbons (Fsp3) is 0.333. The van der Waals surface area contributed by atoms with E-state index in [1.165, 1.54) is 11.8 Å². The van der Waals surface area contributed by atoms with Crippen molar-refractivity contribution in [3.8, 4) is 5.75 Å². The molecule has 0 saturated heterocycles. The van der Waals surface area contributed by atoms with Gasteiger partial charge in [0.15, 0.2) is 5.16 Å². The van der Waals surface area contributed by atoms with Crippen LogP contribution in [-0.2, 0) is 6.42 Å². The van der Waals surface area contributed by atoms with Crippen molar-refractivity contribution >= 4 is 17.4 Å². The van der Waals surface area contributed by atoms with E-state index in [2.05, 4.69) is 16.9 Å². The molecule has 6 heteroatoms. The van der Waals surface area contributed by atoms with Crippen molar-refractivity contribution in [1.29, 1.82) is 0 Å². The Morgan fingerprint density at radius 1 is 1.38 bits per heavy atom. The minimum atomic E-state index is -0.104. The van der Waals surface area contributed by atoms with Gasteiger partial charge in [0, 0.05) is 29.3 Å². The van der Waals surface area contributed by atoms with Crippen LogP contribution in [0.3, 0.4) is 0 Å². The van der Waals surface area contributed by atoms with Gasteiger partial charge in [-0.2, -0.15) is 0 Å². The van der Waals surface area contributed by atoms with E-state index in [-0.39, 0.29) is 5.56 Å². The summed E-state index contributed by atoms with van der Waals surface area (Å²) < 4.78 is 5.60. The largest absolute Gasteiger partial charge is 0.493 e. The Bertz CT molecular complexity index is 643. The fourth-order valence-electron chi connectivity index (χ4n) is 1.84. The SMILES string of the molecule is CCCc1cc(=O)[nH]c(SCCOc2cccc(N)c2)n1. The van der Waals surface area contributed by atoms with Gasteiger partial charge >= 0.3 is 0 Å². The van der Waals surface area contributed by atoms with Gasteiger partial charge in [0.25, 0.3) is 5.56 Å². The second-order valence-electron chi connectivity index (χ2n) is 4.56. The fourth-order valence-corrected chi connectivity index (χ4v) is 2.55. The molecule has 5 nitrogen and oxygen atoms in total. The number of nitrogen functional groups attached to an aromatic ring is 1. The maximum Gasteiger partial charge on any atom is 0.251 e. The summed E-state index contributed by atoms with van der Waals surface area (Å²) in [6.07, 6.45) is 1.79. The van der Waals surface area contributed by atoms with Gasteiger partial charge in [-0.05, 0) is 18.6 Å². The van der Waals surface area contributed by atoms with Crippen molar-refractivity contribution < 1.29 is 4.74 Å². The van der Waals surface area contributed by atoms with Gasteiger partial charge in [0.1, 0.15) is 5.75 Å². The van der Waals surface area contributed by atoms with Gasteiger partial charge in [-0.25, -0.2) is 4.98 Å². The van der Waals surface area contributed by atoms with Crippen molar-refractivity contribution in [2.75, 3.05) is 18.1 Å². The molecule has 0 aliphatic heterocycles. The molecular weight excluding hydrogens is 286 g/mol. The van der Waals surface area contributed by atoms with E-state index in [1.54, 1.807) is 12.1 Å². The highest BCUT2D eigenvalue weighted by Crippen LogP contribution is 2.16. The molecule has 3 N–H and O–H groups in total. The number of nitrogens with two attached hydrogens (primary N) is 1. The third-order valence-corrected chi connectivity index (χ3v) is 3.57. The van der Waals surface area contributed by atoms with Gasteiger partial charge in [0.05, 0.1) is 6.61 Å². The lowest BCUT2D eigenvalue weighted by Crippen LogP contribution is -2.11. The number of ether oxygens (including phenoxy) is 1. The van der Waals surface area contributed by atoms with Crippen molar-refractivity contribution in [3.63, 3.8) is 0 Å². The molecule has 0 aliphatic carbocycles. The number of benzene rings is 1. The van der Waals surface area contributed by atoms with E-state index < -0.39 is 0 Å². The molecule has 0 unspecified atom stereocenters. The van der Waals surface area contributed by atoms with Crippen LogP contribution in [0.2, 0.25) is 0 Å². The van der Waals surface area contributed by atoms with Crippen LogP contribution in [0.5, 0.6) is 5.75 Å². The smallest absolute Gasteiger partial charge is 0.251 e. The van der Waals surface area contributed by atoms with Crippen LogP contribution in [0.15, 0.2) is 40.3 Å². The molecule has 21 heavy (non-hydrogen) atoms. The highest BCUT2D eigenvalue weighted by atomic mass is 32.2. The number of aromatic amines is 1. The molecule has 1 aromatic heterocycles. The number of hydrogen-bond donors (Lipinski definition) is 2. The maximum absolute atomic E-state index is 11.5. The van der Waals surface area contributed by atoms with Crippen molar-refractivity contribution in [1.82, 2.24) is 9.97 Å². The van der Waals surface area contributed by atoms with E-state index in [0.29, 0.717) is 23.2 Å². The molecule has 0 saturated carbocycles. The Hall–Kier alpha value is -1.95. The summed E-state index contributed by atoms with van der Waals surface area (Å²) in [5.74, 6) is 1.45. The molecule has 0 radical (unpaired) electrons. The topological polar surface area (TPSA) is 81.0 Å². The lowest BCUT2D eigenvalue weighted by Gasteiger charge is -2.07. The summed E-state index contributed by atoms with van der Waals surface area (Å²) in [7, 11) is 0. The minimum absolute atomic E-state index is 0.104. The molecule has 1 aromatic carbocycles. The maximum atomic E-state index is 11.5. The van der Waals surface area contributed by atoms with Crippen LogP contribution in [0.4, 0.5) is 5.69 Å². The van der Waals surface area contributed by atoms with Gasteiger partial charge in [0.2, 0.25) is 0 Å². The summed E-state index contributed by atoms with van der Waals surface area (Å²) in [6.45, 7) is 2.59. The number of aromatic nitrogens is 2. The van der Waals surface area contributed by atoms with E-state index in [9.17, 15) is 4.79 Å². The normalized spacial score (nSPS) is 10.5. The van der Waals surface area contributed by atoms with Gasteiger partial charge < -0.3 is 15.5 Å². The predicted molar refractivity (Wildman–Crippen MR) is 85.9 cm³/mol. The summed E-state index contributed by atoms with van der Waals surface area (Å²) in [5.41, 5.74) is 7.09. The number of nitrogens with zero attached hydrogens (tertiary/aromatic N) is 1. The quantitative estimate of drug-likeness (QED) is 0.355. The molecule has 2 rings (SSSR count). The molecule has 1 heterocycles. The zero-order valence-corrected chi connectivity index (χ0v) is 12.8. The summed E-state index contributed by atoms with van der Waals surface area (Å²) >= 11 is 1.48. The third-order valence-electron chi connectivity index (χ3n) is 2.73. The Morgan fingerprint density at radius 3 is 3.00 bits per heavy atom. The van der Waals surface area contributed by atoms with E-state index in [0.717, 1.165) is 24.3 Å². The van der Waals surface area contributed by atoms with Crippen LogP contribution < -0.4 is 16.0 Å². The number of rotatable bonds is 7. The predicted octanol–water partition coefficient (Wildman–Crippen LogP) is 2.48. The molecular formula is C15H19N3O2S. The van der Waals surface area contributed by atoms with Crippen molar-refractivity contribution in [3.05, 3.63) is 46.4 Å². The molecule has 112 valence electrons. The van der Waals surface area contributed by atoms with Gasteiger partial charge in [-0.1, -0.05) is 31.2 Å². The third kappa shape index (κ3) is 5.15. The first kappa shape index (κ1) is 15.4. The molecule has 0 aliphatic rings. The molecule has 0 spiro atoms. The van der Waals surface area contributed by atoms with Crippen LogP contribution in [-0.4, -0.2) is 22.3 Å². The Labute approximate surface area is 127 Å². The Balaban J connectivity index is 1.84. The highest BCUT2D eigenvalue weighted by molar-refractivity contribution is 7.99. The summed E-state index contributed by atoms with van der Waals surface area (Å²) in [5, 5.41) is 0.641. The Kier molecular flexibility index (Phi) is 5.68. The van der Waals surface area contributed by atoms with E-state index in [1.807, 2.05) is 18.2 Å². The highest BCUT2D eigenvalue weighted by Gasteiger charge is 2.02. The average Bonchev–Trinajstić information content (AvgIpc) is 2.43. The first-order valence-electron chi connectivity index (χ1n) is 6.88. The number of hydrogen-bond acceptors (Lipinski definition) is 5. The van der Waals surface area contributed by atoms with Crippen LogP contribution in [0.1, 0.15) is 19.0 Å². The lowest BCUT2D eigenvalue weighted by molar-refractivity contribution is 0.344. The molecule has 0 fully saturated rings. The molecule has 0 amide bonds. The summed E-state index contributed by atoms with van der Waals surface area (Å²) in [6, 6.07) is 8.87. The second kappa shape index (κ2) is 7.73. The zero-order chi connectivity index (χ0) is 15.1. The van der Waals surface area contributed by atoms with Crippen LogP contribution >= 0.6 is 11.8 Å². The van der Waals surface area contributed by atoms with Crippen molar-refractivity contribution in [2.45, 2.75) is 24.9 Å². The van der Waals surface area contributed by atoms with Crippen LogP contribution in [0.25, 0.3) is 0 Å². The van der Waals surface area contributed by atoms with Crippen LogP contribution in [0, 0.1) is 0 Å². The molecule has 0 atom stereocenters. The average molecular weight is 305 g/mol. The van der Waals surface area contributed by atoms with Crippen molar-refractivity contribution in [2.24, 2.45) is 0 Å². The lowest BCUT2D eigenvalue weighted by atomic mass is 10.2. The van der Waals surface area contributed by atoms with E-state index in [4.69, 9.17) is 10.5 Å². The zero-order valence-electron chi connectivity index (χ0n) is 12.0. The number of thioether (sulfide) groups is 1. The number of anilines is 1. The first-order chi connectivity index (χ1) is 10.2. The van der Waals surface area contributed by atoms with E-state index >= 15 is 0 Å². The molecule has 0 bridgehead atoms. The first-order valence-corrected chi connectivity index (χ1v) is 7.87. The Morgan fingerprint density at radius 2 is 2.24 bits per heavy atom. The number of aryl methyl sites for hydroxylation is 1. The van der Waals surface area contributed by atoms with Gasteiger partial charge in [-0.15, -0.1) is 0 Å². The number of H-pyrrole nitrogens is 1. The molecule has 2 aromatic rings. The second-order valence-corrected chi connectivity index (χ2v) is 5.64. The summed E-state index contributed by atoms with van der Waals surface area (Å²) in [4.78, 5) is 18.7. The van der Waals surface area contributed by atoms with Gasteiger partial charge in [-0.3, -0.25) is 4.79 Å². The standard InChI is InChI=1S/C15H19N3O2S/c1-2-4-12-10-14(19)18-15(17-12)21-8-7-20-13-6-3-5-11(16)9-13/h3,5-6,9-10H,2,4,7-8,16H2,1H3,(H,17,18,19). The number of nitrogens with one attached hydrogen (secondary N) is 1.